The van der Waals surface area contributed by atoms with Gasteiger partial charge in [0.05, 0.1) is 19.3 Å². The minimum atomic E-state index is -0.649. The predicted octanol–water partition coefficient (Wildman–Crippen LogP) is 2.91. The third-order valence-corrected chi connectivity index (χ3v) is 4.70. The van der Waals surface area contributed by atoms with Crippen molar-refractivity contribution in [1.82, 2.24) is 5.32 Å². The van der Waals surface area contributed by atoms with Crippen LogP contribution in [0.25, 0.3) is 0 Å². The van der Waals surface area contributed by atoms with Crippen molar-refractivity contribution in [3.05, 3.63) is 53.1 Å². The van der Waals surface area contributed by atoms with E-state index < -0.39 is 6.04 Å². The Morgan fingerprint density at radius 1 is 1.11 bits per heavy atom. The molecular weight excluding hydrogens is 344 g/mol. The van der Waals surface area contributed by atoms with Crippen molar-refractivity contribution in [2.75, 3.05) is 25.2 Å². The SMILES string of the molecule is COc1ccccc1OCCN1C(=O)C(NC(C)=O)c2c(C)ccc(C)c21. The van der Waals surface area contributed by atoms with Gasteiger partial charge in [-0.15, -0.1) is 0 Å². The second kappa shape index (κ2) is 7.70. The highest BCUT2D eigenvalue weighted by molar-refractivity contribution is 6.07. The Labute approximate surface area is 159 Å². The maximum Gasteiger partial charge on any atom is 0.254 e. The fourth-order valence-electron chi connectivity index (χ4n) is 3.47. The number of para-hydroxylation sites is 2. The highest BCUT2D eigenvalue weighted by Crippen LogP contribution is 2.40. The van der Waals surface area contributed by atoms with Crippen LogP contribution in [0.2, 0.25) is 0 Å². The van der Waals surface area contributed by atoms with Crippen LogP contribution < -0.4 is 19.7 Å². The minimum absolute atomic E-state index is 0.138. The first kappa shape index (κ1) is 18.8. The van der Waals surface area contributed by atoms with Gasteiger partial charge in [0.25, 0.3) is 5.91 Å². The van der Waals surface area contributed by atoms with E-state index in [1.54, 1.807) is 12.0 Å². The molecule has 0 fully saturated rings. The Bertz CT molecular complexity index is 878. The normalized spacial score (nSPS) is 15.5. The number of benzene rings is 2. The van der Waals surface area contributed by atoms with Crippen LogP contribution in [0, 0.1) is 13.8 Å². The number of rotatable bonds is 6. The zero-order valence-electron chi connectivity index (χ0n) is 16.0. The largest absolute Gasteiger partial charge is 0.493 e. The van der Waals surface area contributed by atoms with Gasteiger partial charge in [-0.1, -0.05) is 24.3 Å². The highest BCUT2D eigenvalue weighted by Gasteiger charge is 2.39. The topological polar surface area (TPSA) is 67.9 Å². The number of methoxy groups -OCH3 is 1. The summed E-state index contributed by atoms with van der Waals surface area (Å²) in [6.07, 6.45) is 0. The lowest BCUT2D eigenvalue weighted by atomic mass is 9.99. The molecule has 0 saturated heterocycles. The first-order chi connectivity index (χ1) is 12.9. The lowest BCUT2D eigenvalue weighted by Gasteiger charge is -2.20. The second-order valence-corrected chi connectivity index (χ2v) is 6.58. The zero-order valence-corrected chi connectivity index (χ0v) is 16.0. The highest BCUT2D eigenvalue weighted by atomic mass is 16.5. The van der Waals surface area contributed by atoms with Crippen LogP contribution in [0.3, 0.4) is 0 Å². The predicted molar refractivity (Wildman–Crippen MR) is 103 cm³/mol. The molecular formula is C21H24N2O4. The molecule has 2 amide bonds. The van der Waals surface area contributed by atoms with Crippen LogP contribution in [0.5, 0.6) is 11.5 Å². The Kier molecular flexibility index (Phi) is 5.35. The van der Waals surface area contributed by atoms with Crippen molar-refractivity contribution in [1.29, 1.82) is 0 Å². The first-order valence-electron chi connectivity index (χ1n) is 8.88. The lowest BCUT2D eigenvalue weighted by molar-refractivity contribution is -0.126. The van der Waals surface area contributed by atoms with Crippen molar-refractivity contribution in [2.45, 2.75) is 26.8 Å². The fraction of sp³-hybridized carbons (Fsp3) is 0.333. The maximum absolute atomic E-state index is 13.0. The number of hydrogen-bond donors (Lipinski definition) is 1. The number of amides is 2. The van der Waals surface area contributed by atoms with E-state index >= 15 is 0 Å². The number of nitrogens with one attached hydrogen (secondary N) is 1. The number of nitrogens with zero attached hydrogens (tertiary/aromatic N) is 1. The minimum Gasteiger partial charge on any atom is -0.493 e. The average molecular weight is 368 g/mol. The monoisotopic (exact) mass is 368 g/mol. The number of ether oxygens (including phenoxy) is 2. The molecule has 6 heteroatoms. The summed E-state index contributed by atoms with van der Waals surface area (Å²) in [5.41, 5.74) is 3.71. The molecule has 1 unspecified atom stereocenters. The van der Waals surface area contributed by atoms with Gasteiger partial charge in [-0.2, -0.15) is 0 Å². The molecule has 0 aromatic heterocycles. The smallest absolute Gasteiger partial charge is 0.254 e. The van der Waals surface area contributed by atoms with E-state index in [0.717, 1.165) is 22.4 Å². The Morgan fingerprint density at radius 3 is 2.44 bits per heavy atom. The Hall–Kier alpha value is -3.02. The van der Waals surface area contributed by atoms with E-state index in [1.165, 1.54) is 6.92 Å². The molecule has 1 aliphatic heterocycles. The fourth-order valence-corrected chi connectivity index (χ4v) is 3.47. The number of anilines is 1. The molecule has 142 valence electrons. The summed E-state index contributed by atoms with van der Waals surface area (Å²) in [6.45, 7) is 6.03. The van der Waals surface area contributed by atoms with E-state index in [9.17, 15) is 9.59 Å². The average Bonchev–Trinajstić information content (AvgIpc) is 2.92. The number of hydrogen-bond acceptors (Lipinski definition) is 4. The molecule has 0 radical (unpaired) electrons. The van der Waals surface area contributed by atoms with Crippen LogP contribution in [-0.2, 0) is 9.59 Å². The van der Waals surface area contributed by atoms with Crippen LogP contribution >= 0.6 is 0 Å². The lowest BCUT2D eigenvalue weighted by Crippen LogP contribution is -2.38. The Balaban J connectivity index is 1.83. The number of carbonyl (C=O) groups excluding carboxylic acids is 2. The van der Waals surface area contributed by atoms with Crippen LogP contribution in [0.1, 0.15) is 29.7 Å². The molecule has 1 heterocycles. The van der Waals surface area contributed by atoms with E-state index in [1.807, 2.05) is 50.2 Å². The summed E-state index contributed by atoms with van der Waals surface area (Å²) < 4.78 is 11.1. The van der Waals surface area contributed by atoms with Crippen molar-refractivity contribution in [2.24, 2.45) is 0 Å². The number of carbonyl (C=O) groups is 2. The van der Waals surface area contributed by atoms with Crippen LogP contribution in [-0.4, -0.2) is 32.1 Å². The van der Waals surface area contributed by atoms with Gasteiger partial charge in [0.2, 0.25) is 5.91 Å². The van der Waals surface area contributed by atoms with Crippen molar-refractivity contribution >= 4 is 17.5 Å². The molecule has 0 spiro atoms. The molecule has 6 nitrogen and oxygen atoms in total. The van der Waals surface area contributed by atoms with E-state index in [0.29, 0.717) is 24.7 Å². The van der Waals surface area contributed by atoms with E-state index in [-0.39, 0.29) is 11.8 Å². The molecule has 0 aliphatic carbocycles. The molecule has 1 N–H and O–H groups in total. The number of fused-ring (bicyclic) bond motifs is 1. The molecule has 0 bridgehead atoms. The van der Waals surface area contributed by atoms with Crippen molar-refractivity contribution in [3.8, 4) is 11.5 Å². The summed E-state index contributed by atoms with van der Waals surface area (Å²) in [6, 6.07) is 10.7. The third kappa shape index (κ3) is 3.60. The van der Waals surface area contributed by atoms with Gasteiger partial charge in [0.1, 0.15) is 12.6 Å². The first-order valence-corrected chi connectivity index (χ1v) is 8.88. The molecule has 27 heavy (non-hydrogen) atoms. The molecule has 0 saturated carbocycles. The van der Waals surface area contributed by atoms with Gasteiger partial charge in [0.15, 0.2) is 11.5 Å². The molecule has 1 atom stereocenters. The standard InChI is InChI=1S/C21H24N2O4/c1-13-9-10-14(2)20-18(13)19(22-15(3)24)21(25)23(20)11-12-27-17-8-6-5-7-16(17)26-4/h5-10,19H,11-12H2,1-4H3,(H,22,24). The summed E-state index contributed by atoms with van der Waals surface area (Å²) in [5, 5.41) is 2.78. The van der Waals surface area contributed by atoms with Gasteiger partial charge in [0, 0.05) is 12.5 Å². The summed E-state index contributed by atoms with van der Waals surface area (Å²) in [7, 11) is 1.59. The quantitative estimate of drug-likeness (QED) is 0.851. The summed E-state index contributed by atoms with van der Waals surface area (Å²) in [5.74, 6) is 0.911. The molecule has 2 aromatic carbocycles. The van der Waals surface area contributed by atoms with Gasteiger partial charge < -0.3 is 19.7 Å². The Morgan fingerprint density at radius 2 is 1.78 bits per heavy atom. The summed E-state index contributed by atoms with van der Waals surface area (Å²) in [4.78, 5) is 26.3. The van der Waals surface area contributed by atoms with Crippen molar-refractivity contribution in [3.63, 3.8) is 0 Å². The van der Waals surface area contributed by atoms with Crippen LogP contribution in [0.15, 0.2) is 36.4 Å². The molecule has 3 rings (SSSR count). The number of aryl methyl sites for hydroxylation is 2. The third-order valence-electron chi connectivity index (χ3n) is 4.70. The van der Waals surface area contributed by atoms with Gasteiger partial charge in [-0.3, -0.25) is 9.59 Å². The van der Waals surface area contributed by atoms with Gasteiger partial charge in [-0.25, -0.2) is 0 Å². The van der Waals surface area contributed by atoms with Crippen LogP contribution in [0.4, 0.5) is 5.69 Å². The molecule has 2 aromatic rings. The molecule has 1 aliphatic rings. The van der Waals surface area contributed by atoms with E-state index in [4.69, 9.17) is 9.47 Å². The van der Waals surface area contributed by atoms with E-state index in [2.05, 4.69) is 5.32 Å². The van der Waals surface area contributed by atoms with Gasteiger partial charge in [-0.05, 0) is 37.1 Å². The maximum atomic E-state index is 13.0. The van der Waals surface area contributed by atoms with Crippen molar-refractivity contribution < 1.29 is 19.1 Å². The second-order valence-electron chi connectivity index (χ2n) is 6.58. The zero-order chi connectivity index (χ0) is 19.6. The van der Waals surface area contributed by atoms with Gasteiger partial charge >= 0.3 is 0 Å². The summed E-state index contributed by atoms with van der Waals surface area (Å²) >= 11 is 0.